The Labute approximate surface area is 165 Å². The van der Waals surface area contributed by atoms with Crippen molar-refractivity contribution in [2.45, 2.75) is 58.9 Å². The van der Waals surface area contributed by atoms with Crippen LogP contribution < -0.4 is 15.4 Å². The lowest BCUT2D eigenvalue weighted by Crippen LogP contribution is -2.48. The zero-order chi connectivity index (χ0) is 19.3. The van der Waals surface area contributed by atoms with Crippen molar-refractivity contribution < 1.29 is 4.74 Å². The first-order chi connectivity index (χ1) is 13.2. The molecule has 1 aromatic carbocycles. The number of likely N-dealkylation sites (tertiary alicyclic amines) is 1. The minimum absolute atomic E-state index is 0.542. The third kappa shape index (κ3) is 8.65. The highest BCUT2D eigenvalue weighted by molar-refractivity contribution is 5.80. The monoisotopic (exact) mass is 374 g/mol. The Hall–Kier alpha value is -1.75. The summed E-state index contributed by atoms with van der Waals surface area (Å²) in [4.78, 5) is 7.31. The summed E-state index contributed by atoms with van der Waals surface area (Å²) in [6.45, 7) is 12.6. The van der Waals surface area contributed by atoms with Gasteiger partial charge in [-0.2, -0.15) is 0 Å². The van der Waals surface area contributed by atoms with E-state index in [-0.39, 0.29) is 0 Å². The van der Waals surface area contributed by atoms with Crippen LogP contribution in [0.25, 0.3) is 0 Å². The van der Waals surface area contributed by atoms with Gasteiger partial charge in [-0.1, -0.05) is 24.6 Å². The van der Waals surface area contributed by atoms with Gasteiger partial charge in [0.15, 0.2) is 5.96 Å². The number of unbranched alkanes of at least 4 members (excludes halogenated alkanes) is 1. The van der Waals surface area contributed by atoms with Gasteiger partial charge in [0.2, 0.25) is 0 Å². The molecule has 1 aliphatic heterocycles. The second-order valence-electron chi connectivity index (χ2n) is 7.39. The number of hydrogen-bond acceptors (Lipinski definition) is 3. The van der Waals surface area contributed by atoms with E-state index < -0.39 is 0 Å². The number of piperidine rings is 1. The molecule has 2 N–H and O–H groups in total. The molecule has 1 aliphatic rings. The molecule has 27 heavy (non-hydrogen) atoms. The van der Waals surface area contributed by atoms with Crippen molar-refractivity contribution in [2.75, 3.05) is 39.3 Å². The largest absolute Gasteiger partial charge is 0.494 e. The standard InChI is InChI=1S/C22H38N4O/c1-4-15-26-16-12-20(13-17-26)25-22(23-5-2)24-14-6-7-18-27-21-10-8-19(3)9-11-21/h8-11,20H,4-7,12-18H2,1-3H3,(H2,23,24,25). The van der Waals surface area contributed by atoms with Gasteiger partial charge >= 0.3 is 0 Å². The van der Waals surface area contributed by atoms with Crippen LogP contribution in [0.2, 0.25) is 0 Å². The highest BCUT2D eigenvalue weighted by atomic mass is 16.5. The molecule has 5 nitrogen and oxygen atoms in total. The zero-order valence-corrected chi connectivity index (χ0v) is 17.5. The molecule has 0 spiro atoms. The van der Waals surface area contributed by atoms with Crippen molar-refractivity contribution in [3.05, 3.63) is 29.8 Å². The normalized spacial score (nSPS) is 16.3. The number of benzene rings is 1. The van der Waals surface area contributed by atoms with Crippen molar-refractivity contribution in [1.29, 1.82) is 0 Å². The summed E-state index contributed by atoms with van der Waals surface area (Å²) in [6.07, 6.45) is 5.71. The van der Waals surface area contributed by atoms with Crippen molar-refractivity contribution >= 4 is 5.96 Å². The van der Waals surface area contributed by atoms with Gasteiger partial charge in [0.25, 0.3) is 0 Å². The average molecular weight is 375 g/mol. The molecule has 5 heteroatoms. The lowest BCUT2D eigenvalue weighted by molar-refractivity contribution is 0.206. The van der Waals surface area contributed by atoms with Gasteiger partial charge in [-0.25, -0.2) is 0 Å². The van der Waals surface area contributed by atoms with E-state index in [1.54, 1.807) is 0 Å². The number of nitrogens with zero attached hydrogens (tertiary/aromatic N) is 2. The first-order valence-electron chi connectivity index (χ1n) is 10.7. The van der Waals surface area contributed by atoms with Crippen LogP contribution in [-0.4, -0.2) is 56.2 Å². The Bertz CT molecular complexity index is 536. The molecule has 0 radical (unpaired) electrons. The molecule has 1 saturated heterocycles. The molecule has 1 fully saturated rings. The van der Waals surface area contributed by atoms with Crippen LogP contribution in [0.1, 0.15) is 51.5 Å². The second-order valence-corrected chi connectivity index (χ2v) is 7.39. The smallest absolute Gasteiger partial charge is 0.191 e. The molecule has 152 valence electrons. The first-order valence-corrected chi connectivity index (χ1v) is 10.7. The van der Waals surface area contributed by atoms with Crippen molar-refractivity contribution in [3.63, 3.8) is 0 Å². The molecule has 2 rings (SSSR count). The fourth-order valence-electron chi connectivity index (χ4n) is 3.36. The van der Waals surface area contributed by atoms with E-state index in [1.807, 2.05) is 12.1 Å². The van der Waals surface area contributed by atoms with Crippen LogP contribution in [0.15, 0.2) is 29.3 Å². The summed E-state index contributed by atoms with van der Waals surface area (Å²) in [5, 5.41) is 7.00. The van der Waals surface area contributed by atoms with Gasteiger partial charge in [-0.3, -0.25) is 4.99 Å². The van der Waals surface area contributed by atoms with Crippen LogP contribution in [-0.2, 0) is 0 Å². The minimum Gasteiger partial charge on any atom is -0.494 e. The fourth-order valence-corrected chi connectivity index (χ4v) is 3.36. The number of rotatable bonds is 10. The van der Waals surface area contributed by atoms with Gasteiger partial charge in [0.05, 0.1) is 6.61 Å². The third-order valence-corrected chi connectivity index (χ3v) is 4.92. The Morgan fingerprint density at radius 3 is 2.56 bits per heavy atom. The first kappa shape index (κ1) is 21.5. The summed E-state index contributed by atoms with van der Waals surface area (Å²) in [5.74, 6) is 1.92. The molecule has 0 atom stereocenters. The van der Waals surface area contributed by atoms with E-state index >= 15 is 0 Å². The quantitative estimate of drug-likeness (QED) is 0.373. The van der Waals surface area contributed by atoms with Gasteiger partial charge < -0.3 is 20.3 Å². The van der Waals surface area contributed by atoms with Crippen molar-refractivity contribution in [2.24, 2.45) is 4.99 Å². The second kappa shape index (κ2) is 12.6. The van der Waals surface area contributed by atoms with Gasteiger partial charge in [-0.15, -0.1) is 0 Å². The Kier molecular flexibility index (Phi) is 10.1. The Balaban J connectivity index is 1.63. The summed E-state index contributed by atoms with van der Waals surface area (Å²) < 4.78 is 5.78. The van der Waals surface area contributed by atoms with Crippen LogP contribution in [0, 0.1) is 6.92 Å². The molecule has 1 aromatic rings. The van der Waals surface area contributed by atoms with Gasteiger partial charge in [0.1, 0.15) is 5.75 Å². The van der Waals surface area contributed by atoms with Gasteiger partial charge in [0, 0.05) is 32.2 Å². The summed E-state index contributed by atoms with van der Waals surface area (Å²) in [5.41, 5.74) is 1.26. The van der Waals surface area contributed by atoms with Crippen LogP contribution in [0.3, 0.4) is 0 Å². The molecule has 0 saturated carbocycles. The van der Waals surface area contributed by atoms with E-state index in [2.05, 4.69) is 48.4 Å². The SMILES string of the molecule is CCCN1CCC(NC(=NCCCCOc2ccc(C)cc2)NCC)CC1. The molecule has 0 bridgehead atoms. The van der Waals surface area contributed by atoms with Crippen LogP contribution in [0.4, 0.5) is 0 Å². The topological polar surface area (TPSA) is 48.9 Å². The maximum Gasteiger partial charge on any atom is 0.191 e. The summed E-state index contributed by atoms with van der Waals surface area (Å²) in [6, 6.07) is 8.78. The Morgan fingerprint density at radius 1 is 1.15 bits per heavy atom. The molecule has 0 amide bonds. The predicted octanol–water partition coefficient (Wildman–Crippen LogP) is 3.58. The number of hydrogen-bond donors (Lipinski definition) is 2. The zero-order valence-electron chi connectivity index (χ0n) is 17.5. The maximum absolute atomic E-state index is 5.78. The van der Waals surface area contributed by atoms with E-state index in [0.29, 0.717) is 6.04 Å². The van der Waals surface area contributed by atoms with Crippen molar-refractivity contribution in [1.82, 2.24) is 15.5 Å². The average Bonchev–Trinajstić information content (AvgIpc) is 2.68. The molecule has 0 unspecified atom stereocenters. The summed E-state index contributed by atoms with van der Waals surface area (Å²) >= 11 is 0. The van der Waals surface area contributed by atoms with E-state index in [9.17, 15) is 0 Å². The molecule has 0 aliphatic carbocycles. The lowest BCUT2D eigenvalue weighted by atomic mass is 10.1. The highest BCUT2D eigenvalue weighted by Gasteiger charge is 2.19. The predicted molar refractivity (Wildman–Crippen MR) is 115 cm³/mol. The van der Waals surface area contributed by atoms with Crippen molar-refractivity contribution in [3.8, 4) is 5.75 Å². The molecular weight excluding hydrogens is 336 g/mol. The Morgan fingerprint density at radius 2 is 1.89 bits per heavy atom. The fraction of sp³-hybridized carbons (Fsp3) is 0.682. The maximum atomic E-state index is 5.78. The number of ether oxygens (including phenoxy) is 1. The number of nitrogens with one attached hydrogen (secondary N) is 2. The summed E-state index contributed by atoms with van der Waals surface area (Å²) in [7, 11) is 0. The number of aryl methyl sites for hydroxylation is 1. The van der Waals surface area contributed by atoms with Gasteiger partial charge in [-0.05, 0) is 64.6 Å². The van der Waals surface area contributed by atoms with Crippen LogP contribution in [0.5, 0.6) is 5.75 Å². The van der Waals surface area contributed by atoms with E-state index in [0.717, 1.165) is 44.2 Å². The molecule has 0 aromatic heterocycles. The van der Waals surface area contributed by atoms with Crippen LogP contribution >= 0.6 is 0 Å². The highest BCUT2D eigenvalue weighted by Crippen LogP contribution is 2.12. The number of aliphatic imine (C=N–C) groups is 1. The van der Waals surface area contributed by atoms with E-state index in [1.165, 1.54) is 44.5 Å². The molecular formula is C22H38N4O. The number of guanidine groups is 1. The molecule has 1 heterocycles. The third-order valence-electron chi connectivity index (χ3n) is 4.92. The lowest BCUT2D eigenvalue weighted by Gasteiger charge is -2.32. The minimum atomic E-state index is 0.542. The van der Waals surface area contributed by atoms with E-state index in [4.69, 9.17) is 9.73 Å².